The standard InChI is InChI=1S/C15H11NO/c1-2-12-8-6-7-11-14(12)15(17)16-13-9-4-3-5-10-13/h1,3-11H,(H,16,17). The molecule has 0 bridgehead atoms. The van der Waals surface area contributed by atoms with E-state index in [1.807, 2.05) is 36.4 Å². The fourth-order valence-electron chi connectivity index (χ4n) is 1.53. The van der Waals surface area contributed by atoms with Crippen LogP contribution < -0.4 is 5.32 Å². The zero-order valence-electron chi connectivity index (χ0n) is 9.18. The van der Waals surface area contributed by atoms with E-state index in [4.69, 9.17) is 6.42 Å². The van der Waals surface area contributed by atoms with Crippen LogP contribution in [-0.4, -0.2) is 5.91 Å². The summed E-state index contributed by atoms with van der Waals surface area (Å²) >= 11 is 0. The SMILES string of the molecule is C#Cc1ccccc1C(=O)Nc1ccccc1. The van der Waals surface area contributed by atoms with Crippen LogP contribution >= 0.6 is 0 Å². The van der Waals surface area contributed by atoms with Crippen molar-refractivity contribution in [1.29, 1.82) is 0 Å². The van der Waals surface area contributed by atoms with Crippen molar-refractivity contribution in [2.24, 2.45) is 0 Å². The molecule has 2 rings (SSSR count). The predicted molar refractivity (Wildman–Crippen MR) is 68.8 cm³/mol. The van der Waals surface area contributed by atoms with Gasteiger partial charge < -0.3 is 5.32 Å². The van der Waals surface area contributed by atoms with E-state index in [0.717, 1.165) is 5.69 Å². The summed E-state index contributed by atoms with van der Waals surface area (Å²) in [7, 11) is 0. The van der Waals surface area contributed by atoms with Gasteiger partial charge in [0.25, 0.3) is 5.91 Å². The van der Waals surface area contributed by atoms with Gasteiger partial charge in [-0.25, -0.2) is 0 Å². The minimum Gasteiger partial charge on any atom is -0.322 e. The van der Waals surface area contributed by atoms with Crippen molar-refractivity contribution < 1.29 is 4.79 Å². The third kappa shape index (κ3) is 2.53. The lowest BCUT2D eigenvalue weighted by Crippen LogP contribution is -2.13. The second kappa shape index (κ2) is 5.00. The quantitative estimate of drug-likeness (QED) is 0.776. The first-order valence-corrected chi connectivity index (χ1v) is 5.23. The highest BCUT2D eigenvalue weighted by atomic mass is 16.1. The molecular formula is C15H11NO. The first-order valence-electron chi connectivity index (χ1n) is 5.23. The molecule has 0 radical (unpaired) electrons. The van der Waals surface area contributed by atoms with Crippen molar-refractivity contribution in [1.82, 2.24) is 0 Å². The Bertz CT molecular complexity index is 567. The van der Waals surface area contributed by atoms with Crippen molar-refractivity contribution in [2.45, 2.75) is 0 Å². The summed E-state index contributed by atoms with van der Waals surface area (Å²) in [6, 6.07) is 16.4. The van der Waals surface area contributed by atoms with Gasteiger partial charge in [0.05, 0.1) is 5.56 Å². The van der Waals surface area contributed by atoms with E-state index in [9.17, 15) is 4.79 Å². The maximum absolute atomic E-state index is 12.0. The Labute approximate surface area is 100 Å². The Hall–Kier alpha value is -2.53. The fraction of sp³-hybridized carbons (Fsp3) is 0. The van der Waals surface area contributed by atoms with E-state index in [1.165, 1.54) is 0 Å². The van der Waals surface area contributed by atoms with Crippen LogP contribution in [0.4, 0.5) is 5.69 Å². The minimum atomic E-state index is -0.190. The molecule has 0 aliphatic rings. The summed E-state index contributed by atoms with van der Waals surface area (Å²) in [5, 5.41) is 2.80. The van der Waals surface area contributed by atoms with Crippen LogP contribution in [0.1, 0.15) is 15.9 Å². The molecule has 2 aromatic rings. The highest BCUT2D eigenvalue weighted by Crippen LogP contribution is 2.11. The van der Waals surface area contributed by atoms with Crippen LogP contribution in [0, 0.1) is 12.3 Å². The highest BCUT2D eigenvalue weighted by Gasteiger charge is 2.09. The molecule has 0 aliphatic carbocycles. The summed E-state index contributed by atoms with van der Waals surface area (Å²) in [5.41, 5.74) is 1.86. The largest absolute Gasteiger partial charge is 0.322 e. The molecule has 82 valence electrons. The van der Waals surface area contributed by atoms with Gasteiger partial charge in [-0.05, 0) is 24.3 Å². The van der Waals surface area contributed by atoms with Crippen molar-refractivity contribution >= 4 is 11.6 Å². The van der Waals surface area contributed by atoms with Crippen LogP contribution in [-0.2, 0) is 0 Å². The number of amides is 1. The number of nitrogens with one attached hydrogen (secondary N) is 1. The first-order chi connectivity index (χ1) is 8.31. The van der Waals surface area contributed by atoms with Crippen molar-refractivity contribution in [3.8, 4) is 12.3 Å². The Morgan fingerprint density at radius 2 is 1.65 bits per heavy atom. The van der Waals surface area contributed by atoms with Crippen molar-refractivity contribution in [2.75, 3.05) is 5.32 Å². The van der Waals surface area contributed by atoms with Gasteiger partial charge in [0.1, 0.15) is 0 Å². The lowest BCUT2D eigenvalue weighted by molar-refractivity contribution is 0.102. The number of anilines is 1. The van der Waals surface area contributed by atoms with E-state index < -0.39 is 0 Å². The zero-order chi connectivity index (χ0) is 12.1. The average Bonchev–Trinajstić information content (AvgIpc) is 2.40. The lowest BCUT2D eigenvalue weighted by atomic mass is 10.1. The highest BCUT2D eigenvalue weighted by molar-refractivity contribution is 6.05. The molecule has 0 atom stereocenters. The van der Waals surface area contributed by atoms with Crippen LogP contribution in [0.5, 0.6) is 0 Å². The normalized spacial score (nSPS) is 9.35. The third-order valence-corrected chi connectivity index (χ3v) is 2.36. The number of hydrogen-bond donors (Lipinski definition) is 1. The second-order valence-electron chi connectivity index (χ2n) is 3.51. The number of hydrogen-bond acceptors (Lipinski definition) is 1. The number of terminal acetylenes is 1. The Morgan fingerprint density at radius 3 is 2.35 bits per heavy atom. The molecule has 2 nitrogen and oxygen atoms in total. The van der Waals surface area contributed by atoms with Gasteiger partial charge in [-0.3, -0.25) is 4.79 Å². The minimum absolute atomic E-state index is 0.190. The molecule has 0 aromatic heterocycles. The summed E-state index contributed by atoms with van der Waals surface area (Å²) < 4.78 is 0. The lowest BCUT2D eigenvalue weighted by Gasteiger charge is -2.06. The maximum Gasteiger partial charge on any atom is 0.256 e. The molecule has 0 fully saturated rings. The van der Waals surface area contributed by atoms with Crippen LogP contribution in [0.2, 0.25) is 0 Å². The first kappa shape index (κ1) is 11.0. The number of carbonyl (C=O) groups excluding carboxylic acids is 1. The number of para-hydroxylation sites is 1. The van der Waals surface area contributed by atoms with E-state index in [0.29, 0.717) is 11.1 Å². The van der Waals surface area contributed by atoms with Crippen molar-refractivity contribution in [3.05, 3.63) is 65.7 Å². The van der Waals surface area contributed by atoms with Crippen molar-refractivity contribution in [3.63, 3.8) is 0 Å². The molecule has 17 heavy (non-hydrogen) atoms. The van der Waals surface area contributed by atoms with Gasteiger partial charge in [-0.15, -0.1) is 6.42 Å². The van der Waals surface area contributed by atoms with E-state index in [-0.39, 0.29) is 5.91 Å². The predicted octanol–water partition coefficient (Wildman–Crippen LogP) is 2.92. The maximum atomic E-state index is 12.0. The Morgan fingerprint density at radius 1 is 1.00 bits per heavy atom. The van der Waals surface area contributed by atoms with E-state index >= 15 is 0 Å². The van der Waals surface area contributed by atoms with Gasteiger partial charge >= 0.3 is 0 Å². The average molecular weight is 221 g/mol. The monoisotopic (exact) mass is 221 g/mol. The van der Waals surface area contributed by atoms with Gasteiger partial charge in [-0.2, -0.15) is 0 Å². The molecule has 1 N–H and O–H groups in total. The zero-order valence-corrected chi connectivity index (χ0v) is 9.18. The summed E-state index contributed by atoms with van der Waals surface area (Å²) in [6.45, 7) is 0. The van der Waals surface area contributed by atoms with Gasteiger partial charge in [0, 0.05) is 11.3 Å². The molecule has 0 spiro atoms. The molecule has 2 aromatic carbocycles. The second-order valence-corrected chi connectivity index (χ2v) is 3.51. The summed E-state index contributed by atoms with van der Waals surface area (Å²) in [6.07, 6.45) is 5.35. The molecule has 0 aliphatic heterocycles. The topological polar surface area (TPSA) is 29.1 Å². The van der Waals surface area contributed by atoms with Gasteiger partial charge in [-0.1, -0.05) is 36.3 Å². The molecule has 1 amide bonds. The molecule has 0 saturated carbocycles. The Balaban J connectivity index is 2.24. The van der Waals surface area contributed by atoms with Crippen LogP contribution in [0.25, 0.3) is 0 Å². The third-order valence-electron chi connectivity index (χ3n) is 2.36. The summed E-state index contributed by atoms with van der Waals surface area (Å²) in [4.78, 5) is 12.0. The van der Waals surface area contributed by atoms with E-state index in [2.05, 4.69) is 11.2 Å². The van der Waals surface area contributed by atoms with Crippen LogP contribution in [0.3, 0.4) is 0 Å². The fourth-order valence-corrected chi connectivity index (χ4v) is 1.53. The number of rotatable bonds is 2. The molecule has 0 heterocycles. The van der Waals surface area contributed by atoms with Gasteiger partial charge in [0.2, 0.25) is 0 Å². The molecule has 0 saturated heterocycles. The summed E-state index contributed by atoms with van der Waals surface area (Å²) in [5.74, 6) is 2.31. The molecule has 0 unspecified atom stereocenters. The Kier molecular flexibility index (Phi) is 3.23. The van der Waals surface area contributed by atoms with E-state index in [1.54, 1.807) is 18.2 Å². The number of benzene rings is 2. The smallest absolute Gasteiger partial charge is 0.256 e. The molecular weight excluding hydrogens is 210 g/mol. The number of carbonyl (C=O) groups is 1. The molecule has 2 heteroatoms. The van der Waals surface area contributed by atoms with Crippen LogP contribution in [0.15, 0.2) is 54.6 Å². The van der Waals surface area contributed by atoms with Gasteiger partial charge in [0.15, 0.2) is 0 Å².